The standard InChI is InChI=1S/C18H26N2O2/c1-3-17(21)19-16-10-12-20(13-11-16)18(22)9-8-15-6-4-14(2)5-7-15/h4-7,16H,3,8-13H2,1-2H3,(H,19,21). The quantitative estimate of drug-likeness (QED) is 0.908. The van der Waals surface area contributed by atoms with E-state index in [1.54, 1.807) is 0 Å². The molecule has 1 heterocycles. The fraction of sp³-hybridized carbons (Fsp3) is 0.556. The first-order chi connectivity index (χ1) is 10.6. The van der Waals surface area contributed by atoms with Crippen molar-refractivity contribution >= 4 is 11.8 Å². The summed E-state index contributed by atoms with van der Waals surface area (Å²) in [6.07, 6.45) is 3.61. The molecule has 0 bridgehead atoms. The van der Waals surface area contributed by atoms with Crippen LogP contribution in [-0.2, 0) is 16.0 Å². The Morgan fingerprint density at radius 1 is 1.18 bits per heavy atom. The molecule has 1 aliphatic heterocycles. The van der Waals surface area contributed by atoms with Gasteiger partial charge in [0.25, 0.3) is 0 Å². The van der Waals surface area contributed by atoms with E-state index in [9.17, 15) is 9.59 Å². The molecule has 0 atom stereocenters. The predicted molar refractivity (Wildman–Crippen MR) is 87.5 cm³/mol. The van der Waals surface area contributed by atoms with Gasteiger partial charge in [0.05, 0.1) is 0 Å². The zero-order chi connectivity index (χ0) is 15.9. The number of hydrogen-bond acceptors (Lipinski definition) is 2. The molecule has 4 nitrogen and oxygen atoms in total. The van der Waals surface area contributed by atoms with Crippen LogP contribution >= 0.6 is 0 Å². The Balaban J connectivity index is 1.73. The van der Waals surface area contributed by atoms with Crippen LogP contribution in [0.1, 0.15) is 43.7 Å². The van der Waals surface area contributed by atoms with E-state index in [0.29, 0.717) is 12.8 Å². The first kappa shape index (κ1) is 16.5. The summed E-state index contributed by atoms with van der Waals surface area (Å²) in [6, 6.07) is 8.59. The van der Waals surface area contributed by atoms with E-state index in [1.807, 2.05) is 11.8 Å². The lowest BCUT2D eigenvalue weighted by Gasteiger charge is -2.32. The third kappa shape index (κ3) is 4.86. The number of carbonyl (C=O) groups is 2. The average molecular weight is 302 g/mol. The zero-order valence-electron chi connectivity index (χ0n) is 13.6. The summed E-state index contributed by atoms with van der Waals surface area (Å²) in [6.45, 7) is 5.43. The minimum Gasteiger partial charge on any atom is -0.353 e. The Hall–Kier alpha value is -1.84. The highest BCUT2D eigenvalue weighted by molar-refractivity contribution is 5.77. The molecule has 1 aliphatic rings. The number of carbonyl (C=O) groups excluding carboxylic acids is 2. The fourth-order valence-electron chi connectivity index (χ4n) is 2.77. The van der Waals surface area contributed by atoms with E-state index in [-0.39, 0.29) is 17.9 Å². The molecular formula is C18H26N2O2. The number of hydrogen-bond donors (Lipinski definition) is 1. The van der Waals surface area contributed by atoms with Crippen LogP contribution in [0.4, 0.5) is 0 Å². The lowest BCUT2D eigenvalue weighted by Crippen LogP contribution is -2.46. The van der Waals surface area contributed by atoms with Crippen molar-refractivity contribution in [2.45, 2.75) is 52.0 Å². The van der Waals surface area contributed by atoms with Crippen LogP contribution in [0, 0.1) is 6.92 Å². The summed E-state index contributed by atoms with van der Waals surface area (Å²) >= 11 is 0. The van der Waals surface area contributed by atoms with Gasteiger partial charge in [-0.15, -0.1) is 0 Å². The van der Waals surface area contributed by atoms with Crippen molar-refractivity contribution in [2.75, 3.05) is 13.1 Å². The number of nitrogens with one attached hydrogen (secondary N) is 1. The predicted octanol–water partition coefficient (Wildman–Crippen LogP) is 2.44. The molecule has 0 radical (unpaired) electrons. The summed E-state index contributed by atoms with van der Waals surface area (Å²) in [4.78, 5) is 25.6. The van der Waals surface area contributed by atoms with Gasteiger partial charge in [0.2, 0.25) is 11.8 Å². The molecule has 1 fully saturated rings. The summed E-state index contributed by atoms with van der Waals surface area (Å²) in [5.74, 6) is 0.324. The fourth-order valence-corrected chi connectivity index (χ4v) is 2.77. The van der Waals surface area contributed by atoms with Gasteiger partial charge in [-0.1, -0.05) is 36.8 Å². The summed E-state index contributed by atoms with van der Waals surface area (Å²) < 4.78 is 0. The molecule has 4 heteroatoms. The van der Waals surface area contributed by atoms with E-state index >= 15 is 0 Å². The van der Waals surface area contributed by atoms with Crippen molar-refractivity contribution < 1.29 is 9.59 Å². The van der Waals surface area contributed by atoms with Crippen LogP contribution in [0.2, 0.25) is 0 Å². The largest absolute Gasteiger partial charge is 0.353 e. The minimum absolute atomic E-state index is 0.101. The molecule has 0 aromatic heterocycles. The third-order valence-corrected chi connectivity index (χ3v) is 4.28. The van der Waals surface area contributed by atoms with Crippen LogP contribution < -0.4 is 5.32 Å². The Morgan fingerprint density at radius 3 is 2.41 bits per heavy atom. The van der Waals surface area contributed by atoms with Gasteiger partial charge >= 0.3 is 0 Å². The van der Waals surface area contributed by atoms with Gasteiger partial charge in [0, 0.05) is 32.0 Å². The molecule has 120 valence electrons. The molecule has 0 spiro atoms. The molecular weight excluding hydrogens is 276 g/mol. The Bertz CT molecular complexity index is 502. The topological polar surface area (TPSA) is 49.4 Å². The highest BCUT2D eigenvalue weighted by Gasteiger charge is 2.23. The number of benzene rings is 1. The van der Waals surface area contributed by atoms with Crippen molar-refractivity contribution in [3.63, 3.8) is 0 Å². The molecule has 2 rings (SSSR count). The second-order valence-corrected chi connectivity index (χ2v) is 6.06. The maximum Gasteiger partial charge on any atom is 0.222 e. The van der Waals surface area contributed by atoms with Crippen molar-refractivity contribution in [3.05, 3.63) is 35.4 Å². The average Bonchev–Trinajstić information content (AvgIpc) is 2.54. The minimum atomic E-state index is 0.101. The van der Waals surface area contributed by atoms with Gasteiger partial charge in [-0.2, -0.15) is 0 Å². The summed E-state index contributed by atoms with van der Waals surface area (Å²) in [5, 5.41) is 3.01. The monoisotopic (exact) mass is 302 g/mol. The normalized spacial score (nSPS) is 15.6. The van der Waals surface area contributed by atoms with Crippen molar-refractivity contribution in [1.82, 2.24) is 10.2 Å². The highest BCUT2D eigenvalue weighted by atomic mass is 16.2. The van der Waals surface area contributed by atoms with Gasteiger partial charge < -0.3 is 10.2 Å². The van der Waals surface area contributed by atoms with Crippen molar-refractivity contribution in [3.8, 4) is 0 Å². The number of amides is 2. The SMILES string of the molecule is CCC(=O)NC1CCN(C(=O)CCc2ccc(C)cc2)CC1. The Morgan fingerprint density at radius 2 is 1.82 bits per heavy atom. The first-order valence-corrected chi connectivity index (χ1v) is 8.21. The van der Waals surface area contributed by atoms with E-state index in [1.165, 1.54) is 11.1 Å². The molecule has 0 saturated carbocycles. The van der Waals surface area contributed by atoms with E-state index in [2.05, 4.69) is 36.5 Å². The van der Waals surface area contributed by atoms with Crippen LogP contribution in [0.25, 0.3) is 0 Å². The molecule has 1 saturated heterocycles. The van der Waals surface area contributed by atoms with Crippen LogP contribution in [-0.4, -0.2) is 35.8 Å². The maximum atomic E-state index is 12.3. The molecule has 1 N–H and O–H groups in total. The lowest BCUT2D eigenvalue weighted by atomic mass is 10.0. The number of likely N-dealkylation sites (tertiary alicyclic amines) is 1. The van der Waals surface area contributed by atoms with Crippen LogP contribution in [0.15, 0.2) is 24.3 Å². The second kappa shape index (κ2) is 7.97. The Kier molecular flexibility index (Phi) is 5.99. The smallest absolute Gasteiger partial charge is 0.222 e. The summed E-state index contributed by atoms with van der Waals surface area (Å²) in [5.41, 5.74) is 2.45. The molecule has 2 amide bonds. The first-order valence-electron chi connectivity index (χ1n) is 8.21. The molecule has 1 aromatic carbocycles. The van der Waals surface area contributed by atoms with Crippen molar-refractivity contribution in [1.29, 1.82) is 0 Å². The molecule has 0 unspecified atom stereocenters. The van der Waals surface area contributed by atoms with E-state index in [4.69, 9.17) is 0 Å². The van der Waals surface area contributed by atoms with Gasteiger partial charge in [-0.05, 0) is 31.7 Å². The second-order valence-electron chi connectivity index (χ2n) is 6.06. The van der Waals surface area contributed by atoms with Crippen LogP contribution in [0.3, 0.4) is 0 Å². The molecule has 0 aliphatic carbocycles. The molecule has 1 aromatic rings. The maximum absolute atomic E-state index is 12.3. The third-order valence-electron chi connectivity index (χ3n) is 4.28. The number of nitrogens with zero attached hydrogens (tertiary/aromatic N) is 1. The highest BCUT2D eigenvalue weighted by Crippen LogP contribution is 2.13. The van der Waals surface area contributed by atoms with Crippen molar-refractivity contribution in [2.24, 2.45) is 0 Å². The van der Waals surface area contributed by atoms with Gasteiger partial charge in [0.1, 0.15) is 0 Å². The van der Waals surface area contributed by atoms with Gasteiger partial charge in [-0.3, -0.25) is 9.59 Å². The van der Waals surface area contributed by atoms with E-state index in [0.717, 1.165) is 32.4 Å². The molecule has 22 heavy (non-hydrogen) atoms. The summed E-state index contributed by atoms with van der Waals surface area (Å²) in [7, 11) is 0. The van der Waals surface area contributed by atoms with Gasteiger partial charge in [-0.25, -0.2) is 0 Å². The van der Waals surface area contributed by atoms with Gasteiger partial charge in [0.15, 0.2) is 0 Å². The lowest BCUT2D eigenvalue weighted by molar-refractivity contribution is -0.132. The van der Waals surface area contributed by atoms with E-state index < -0.39 is 0 Å². The number of piperidine rings is 1. The van der Waals surface area contributed by atoms with Crippen LogP contribution in [0.5, 0.6) is 0 Å². The Labute approximate surface area is 132 Å². The number of aryl methyl sites for hydroxylation is 2. The number of rotatable bonds is 5. The zero-order valence-corrected chi connectivity index (χ0v) is 13.6.